The van der Waals surface area contributed by atoms with E-state index < -0.39 is 0 Å². The molecular weight excluding hydrogens is 432 g/mol. The molecule has 0 amide bonds. The third-order valence-electron chi connectivity index (χ3n) is 5.66. The number of thiophene rings is 1. The number of carbonyl (C=O) groups excluding carboxylic acids is 1. The van der Waals surface area contributed by atoms with Crippen molar-refractivity contribution in [3.8, 4) is 27.7 Å². The minimum Gasteiger partial charge on any atom is -0.508 e. The Kier molecular flexibility index (Phi) is 7.30. The van der Waals surface area contributed by atoms with Gasteiger partial charge in [-0.15, -0.1) is 11.3 Å². The Morgan fingerprint density at radius 3 is 2.27 bits per heavy atom. The number of rotatable bonds is 10. The fourth-order valence-corrected chi connectivity index (χ4v) is 5.11. The molecule has 0 saturated carbocycles. The molecule has 1 heterocycles. The first-order valence-corrected chi connectivity index (χ1v) is 12.2. The van der Waals surface area contributed by atoms with Crippen LogP contribution < -0.4 is 4.74 Å². The van der Waals surface area contributed by atoms with E-state index >= 15 is 0 Å². The van der Waals surface area contributed by atoms with Crippen molar-refractivity contribution < 1.29 is 19.7 Å². The van der Waals surface area contributed by atoms with Gasteiger partial charge in [-0.1, -0.05) is 32.6 Å². The summed E-state index contributed by atoms with van der Waals surface area (Å²) in [5, 5.41) is 20.4. The molecule has 0 bridgehead atoms. The van der Waals surface area contributed by atoms with Gasteiger partial charge in [0, 0.05) is 26.1 Å². The van der Waals surface area contributed by atoms with Gasteiger partial charge in [-0.2, -0.15) is 0 Å². The van der Waals surface area contributed by atoms with Crippen LogP contribution in [0.25, 0.3) is 20.5 Å². The van der Waals surface area contributed by atoms with Crippen LogP contribution >= 0.6 is 11.3 Å². The molecule has 0 unspecified atom stereocenters. The maximum Gasteiger partial charge on any atom is 0.195 e. The van der Waals surface area contributed by atoms with Crippen LogP contribution in [0.4, 0.5) is 0 Å². The first-order chi connectivity index (χ1) is 16.1. The fourth-order valence-electron chi connectivity index (χ4n) is 3.87. The highest BCUT2D eigenvalue weighted by Crippen LogP contribution is 2.41. The molecular formula is C28H28O4S. The Hall–Kier alpha value is -3.31. The molecule has 33 heavy (non-hydrogen) atoms. The van der Waals surface area contributed by atoms with Gasteiger partial charge in [0.25, 0.3) is 0 Å². The van der Waals surface area contributed by atoms with Crippen molar-refractivity contribution in [2.24, 2.45) is 0 Å². The lowest BCUT2D eigenvalue weighted by molar-refractivity contribution is 0.104. The number of fused-ring (bicyclic) bond motifs is 1. The van der Waals surface area contributed by atoms with Crippen LogP contribution in [0.15, 0.2) is 66.7 Å². The molecule has 0 radical (unpaired) electrons. The van der Waals surface area contributed by atoms with Crippen LogP contribution in [-0.2, 0) is 0 Å². The lowest BCUT2D eigenvalue weighted by atomic mass is 9.97. The van der Waals surface area contributed by atoms with E-state index in [4.69, 9.17) is 4.74 Å². The van der Waals surface area contributed by atoms with E-state index in [0.717, 1.165) is 32.7 Å². The smallest absolute Gasteiger partial charge is 0.195 e. The van der Waals surface area contributed by atoms with E-state index in [9.17, 15) is 15.0 Å². The topological polar surface area (TPSA) is 66.8 Å². The summed E-state index contributed by atoms with van der Waals surface area (Å²) in [6.45, 7) is 2.89. The normalized spacial score (nSPS) is 11.1. The zero-order chi connectivity index (χ0) is 23.2. The predicted octanol–water partition coefficient (Wildman–Crippen LogP) is 7.56. The summed E-state index contributed by atoms with van der Waals surface area (Å²) >= 11 is 1.46. The summed E-state index contributed by atoms with van der Waals surface area (Å²) in [6, 6.07) is 19.2. The van der Waals surface area contributed by atoms with Crippen LogP contribution in [-0.4, -0.2) is 22.6 Å². The number of ether oxygens (including phenoxy) is 1. The Morgan fingerprint density at radius 1 is 0.848 bits per heavy atom. The number of aromatic hydroxyl groups is 2. The maximum atomic E-state index is 13.6. The summed E-state index contributed by atoms with van der Waals surface area (Å²) in [5.74, 6) is 1.02. The van der Waals surface area contributed by atoms with Gasteiger partial charge < -0.3 is 14.9 Å². The first-order valence-electron chi connectivity index (χ1n) is 11.4. The molecule has 0 atom stereocenters. The van der Waals surface area contributed by atoms with Crippen LogP contribution in [0.2, 0.25) is 0 Å². The summed E-state index contributed by atoms with van der Waals surface area (Å²) in [4.78, 5) is 14.4. The van der Waals surface area contributed by atoms with Crippen molar-refractivity contribution in [2.75, 3.05) is 6.61 Å². The van der Waals surface area contributed by atoms with E-state index in [-0.39, 0.29) is 17.3 Å². The fraction of sp³-hybridized carbons (Fsp3) is 0.250. The molecule has 0 saturated heterocycles. The molecule has 1 aromatic heterocycles. The molecule has 0 fully saturated rings. The molecule has 0 aliphatic carbocycles. The first kappa shape index (κ1) is 22.9. The number of hydrogen-bond acceptors (Lipinski definition) is 5. The minimum atomic E-state index is -0.0823. The number of benzene rings is 3. The van der Waals surface area contributed by atoms with Crippen molar-refractivity contribution in [3.05, 3.63) is 77.9 Å². The third kappa shape index (κ3) is 5.37. The number of carbonyl (C=O) groups is 1. The zero-order valence-corrected chi connectivity index (χ0v) is 19.5. The summed E-state index contributed by atoms with van der Waals surface area (Å²) in [6.07, 6.45) is 5.93. The molecule has 0 aliphatic rings. The van der Waals surface area contributed by atoms with Gasteiger partial charge in [-0.25, -0.2) is 0 Å². The van der Waals surface area contributed by atoms with E-state index in [1.165, 1.54) is 37.0 Å². The number of ketones is 1. The molecule has 2 N–H and O–H groups in total. The van der Waals surface area contributed by atoms with Crippen LogP contribution in [0.3, 0.4) is 0 Å². The SMILES string of the molecule is CCCCCCCOc1ccc(C(=O)c2c(-c3ccc(O)cc3)sc3cc(O)ccc23)cc1. The minimum absolute atomic E-state index is 0.0823. The molecule has 4 nitrogen and oxygen atoms in total. The molecule has 5 heteroatoms. The van der Waals surface area contributed by atoms with Gasteiger partial charge in [0.1, 0.15) is 17.2 Å². The Balaban J connectivity index is 1.58. The average molecular weight is 461 g/mol. The van der Waals surface area contributed by atoms with E-state index in [0.29, 0.717) is 17.7 Å². The molecule has 0 aliphatic heterocycles. The Labute approximate surface area is 198 Å². The molecule has 170 valence electrons. The van der Waals surface area contributed by atoms with Gasteiger partial charge in [0.15, 0.2) is 5.78 Å². The van der Waals surface area contributed by atoms with Crippen molar-refractivity contribution in [1.29, 1.82) is 0 Å². The van der Waals surface area contributed by atoms with Crippen LogP contribution in [0.5, 0.6) is 17.2 Å². The Morgan fingerprint density at radius 2 is 1.55 bits per heavy atom. The van der Waals surface area contributed by atoms with Crippen molar-refractivity contribution >= 4 is 27.2 Å². The highest BCUT2D eigenvalue weighted by Gasteiger charge is 2.22. The molecule has 4 aromatic rings. The molecule has 3 aromatic carbocycles. The van der Waals surface area contributed by atoms with Gasteiger partial charge >= 0.3 is 0 Å². The zero-order valence-electron chi connectivity index (χ0n) is 18.7. The highest BCUT2D eigenvalue weighted by molar-refractivity contribution is 7.22. The van der Waals surface area contributed by atoms with Gasteiger partial charge in [0.2, 0.25) is 0 Å². The lowest BCUT2D eigenvalue weighted by Crippen LogP contribution is -2.03. The van der Waals surface area contributed by atoms with Crippen molar-refractivity contribution in [2.45, 2.75) is 39.0 Å². The Bertz CT molecular complexity index is 1220. The summed E-state index contributed by atoms with van der Waals surface area (Å²) < 4.78 is 6.68. The number of phenolic OH excluding ortho intramolecular Hbond substituents is 2. The predicted molar refractivity (Wildman–Crippen MR) is 135 cm³/mol. The van der Waals surface area contributed by atoms with Crippen LogP contribution in [0, 0.1) is 0 Å². The third-order valence-corrected chi connectivity index (χ3v) is 6.86. The second-order valence-electron chi connectivity index (χ2n) is 8.15. The van der Waals surface area contributed by atoms with E-state index in [1.54, 1.807) is 54.6 Å². The van der Waals surface area contributed by atoms with Crippen LogP contribution in [0.1, 0.15) is 54.9 Å². The van der Waals surface area contributed by atoms with Crippen molar-refractivity contribution in [1.82, 2.24) is 0 Å². The lowest BCUT2D eigenvalue weighted by Gasteiger charge is -2.08. The average Bonchev–Trinajstić information content (AvgIpc) is 3.20. The monoisotopic (exact) mass is 460 g/mol. The molecule has 0 spiro atoms. The standard InChI is InChI=1S/C28H28O4S/c1-2-3-4-5-6-17-32-23-14-9-19(10-15-23)27(31)26-24-16-13-22(30)18-25(24)33-28(26)20-7-11-21(29)12-8-20/h7-16,18,29-30H,2-6,17H2,1H3. The van der Waals surface area contributed by atoms with E-state index in [2.05, 4.69) is 6.92 Å². The highest BCUT2D eigenvalue weighted by atomic mass is 32.1. The van der Waals surface area contributed by atoms with Crippen molar-refractivity contribution in [3.63, 3.8) is 0 Å². The molecule has 4 rings (SSSR count). The summed E-state index contributed by atoms with van der Waals surface area (Å²) in [5.41, 5.74) is 2.03. The second-order valence-corrected chi connectivity index (χ2v) is 9.20. The second kappa shape index (κ2) is 10.5. The summed E-state index contributed by atoms with van der Waals surface area (Å²) in [7, 11) is 0. The number of unbranched alkanes of at least 4 members (excludes halogenated alkanes) is 4. The van der Waals surface area contributed by atoms with Gasteiger partial charge in [-0.05, 0) is 78.7 Å². The van der Waals surface area contributed by atoms with Gasteiger partial charge in [-0.3, -0.25) is 4.79 Å². The maximum absolute atomic E-state index is 13.6. The van der Waals surface area contributed by atoms with E-state index in [1.807, 2.05) is 12.1 Å². The number of hydrogen-bond donors (Lipinski definition) is 2. The number of phenols is 2. The van der Waals surface area contributed by atoms with Gasteiger partial charge in [0.05, 0.1) is 6.61 Å². The quantitative estimate of drug-likeness (QED) is 0.189. The largest absolute Gasteiger partial charge is 0.508 e.